The molecule has 1 atom stereocenters. The number of carbonyl (C=O) groups is 5. The molecule has 9 heteroatoms. The van der Waals surface area contributed by atoms with Crippen molar-refractivity contribution in [1.82, 2.24) is 9.80 Å². The Labute approximate surface area is 224 Å². The van der Waals surface area contributed by atoms with E-state index in [1.54, 1.807) is 46.0 Å². The van der Waals surface area contributed by atoms with Crippen LogP contribution in [0.15, 0.2) is 18.2 Å². The van der Waals surface area contributed by atoms with Crippen LogP contribution in [0.5, 0.6) is 0 Å². The minimum absolute atomic E-state index is 0.0170. The molecule has 4 rings (SSSR count). The fourth-order valence-corrected chi connectivity index (χ4v) is 5.72. The lowest BCUT2D eigenvalue weighted by Crippen LogP contribution is -2.45. The molecule has 38 heavy (non-hydrogen) atoms. The SMILES string of the molecule is CN(CC(=O)c1ccc2c(c1)CN(C(CCC(=O)OC(C)(C)C)C(N)=O)C2=O)C(=O)C1CCC2(CC1)CC2. The van der Waals surface area contributed by atoms with E-state index >= 15 is 0 Å². The van der Waals surface area contributed by atoms with Gasteiger partial charge in [0.15, 0.2) is 5.78 Å². The number of ketones is 1. The van der Waals surface area contributed by atoms with Crippen molar-refractivity contribution < 1.29 is 28.7 Å². The highest BCUT2D eigenvalue weighted by molar-refractivity contribution is 6.04. The summed E-state index contributed by atoms with van der Waals surface area (Å²) in [5.41, 5.74) is 6.85. The van der Waals surface area contributed by atoms with Crippen LogP contribution in [0, 0.1) is 11.3 Å². The van der Waals surface area contributed by atoms with Crippen molar-refractivity contribution in [3.8, 4) is 0 Å². The summed E-state index contributed by atoms with van der Waals surface area (Å²) in [7, 11) is 1.67. The number of ether oxygens (including phenoxy) is 1. The molecule has 3 amide bonds. The quantitative estimate of drug-likeness (QED) is 0.390. The Morgan fingerprint density at radius 1 is 1.13 bits per heavy atom. The number of hydrogen-bond donors (Lipinski definition) is 1. The standard InChI is InChI=1S/C29H39N3O6/c1-28(2,3)38-24(34)8-7-22(25(30)35)32-16-20-15-19(5-6-21(20)27(32)37)23(33)17-31(4)26(36)18-9-11-29(12-10-18)13-14-29/h5-6,15,18,22H,7-14,16-17H2,1-4H3,(H2,30,35). The van der Waals surface area contributed by atoms with Crippen LogP contribution in [-0.2, 0) is 25.7 Å². The van der Waals surface area contributed by atoms with Gasteiger partial charge in [-0.2, -0.15) is 0 Å². The minimum atomic E-state index is -0.976. The molecule has 2 N–H and O–H groups in total. The van der Waals surface area contributed by atoms with Gasteiger partial charge in [0.05, 0.1) is 6.54 Å². The smallest absolute Gasteiger partial charge is 0.306 e. The van der Waals surface area contributed by atoms with Gasteiger partial charge in [-0.3, -0.25) is 24.0 Å². The molecule has 0 saturated heterocycles. The van der Waals surface area contributed by atoms with Crippen LogP contribution in [0.2, 0.25) is 0 Å². The Morgan fingerprint density at radius 2 is 1.79 bits per heavy atom. The van der Waals surface area contributed by atoms with E-state index in [0.717, 1.165) is 25.7 Å². The first-order chi connectivity index (χ1) is 17.8. The Morgan fingerprint density at radius 3 is 2.37 bits per heavy atom. The first-order valence-corrected chi connectivity index (χ1v) is 13.5. The summed E-state index contributed by atoms with van der Waals surface area (Å²) in [4.78, 5) is 66.2. The highest BCUT2D eigenvalue weighted by atomic mass is 16.6. The van der Waals surface area contributed by atoms with Crippen LogP contribution in [-0.4, -0.2) is 64.5 Å². The van der Waals surface area contributed by atoms with Crippen molar-refractivity contribution in [3.63, 3.8) is 0 Å². The molecular formula is C29H39N3O6. The molecule has 0 aromatic heterocycles. The van der Waals surface area contributed by atoms with Crippen LogP contribution in [0.3, 0.4) is 0 Å². The van der Waals surface area contributed by atoms with Crippen LogP contribution in [0.1, 0.15) is 98.4 Å². The molecule has 1 heterocycles. The van der Waals surface area contributed by atoms with Crippen molar-refractivity contribution in [1.29, 1.82) is 0 Å². The van der Waals surface area contributed by atoms with E-state index in [0.29, 0.717) is 22.1 Å². The number of likely N-dealkylation sites (N-methyl/N-ethyl adjacent to an activating group) is 1. The highest BCUT2D eigenvalue weighted by Crippen LogP contribution is 2.57. The fourth-order valence-electron chi connectivity index (χ4n) is 5.72. The monoisotopic (exact) mass is 525 g/mol. The number of benzene rings is 1. The molecule has 2 aliphatic carbocycles. The Bertz CT molecular complexity index is 1140. The topological polar surface area (TPSA) is 127 Å². The third-order valence-corrected chi connectivity index (χ3v) is 8.12. The summed E-state index contributed by atoms with van der Waals surface area (Å²) in [6.45, 7) is 5.33. The van der Waals surface area contributed by atoms with Crippen LogP contribution in [0.4, 0.5) is 0 Å². The maximum absolute atomic E-state index is 13.1. The van der Waals surface area contributed by atoms with Gasteiger partial charge in [-0.05, 0) is 88.8 Å². The highest BCUT2D eigenvalue weighted by Gasteiger charge is 2.46. The van der Waals surface area contributed by atoms with Crippen molar-refractivity contribution in [3.05, 3.63) is 34.9 Å². The predicted molar refractivity (Wildman–Crippen MR) is 140 cm³/mol. The van der Waals surface area contributed by atoms with Gasteiger partial charge in [0.25, 0.3) is 5.91 Å². The molecule has 1 aliphatic heterocycles. The van der Waals surface area contributed by atoms with Crippen molar-refractivity contribution in [2.24, 2.45) is 17.1 Å². The van der Waals surface area contributed by atoms with E-state index in [2.05, 4.69) is 0 Å². The zero-order chi connectivity index (χ0) is 27.8. The molecule has 9 nitrogen and oxygen atoms in total. The van der Waals surface area contributed by atoms with Gasteiger partial charge in [-0.1, -0.05) is 6.07 Å². The second kappa shape index (κ2) is 10.5. The predicted octanol–water partition coefficient (Wildman–Crippen LogP) is 3.23. The molecule has 1 unspecified atom stereocenters. The first-order valence-electron chi connectivity index (χ1n) is 13.5. The molecular weight excluding hydrogens is 486 g/mol. The number of amides is 3. The molecule has 0 radical (unpaired) electrons. The number of Topliss-reactive ketones (excluding diaryl/α,β-unsaturated/α-hetero) is 1. The van der Waals surface area contributed by atoms with Crippen LogP contribution >= 0.6 is 0 Å². The fraction of sp³-hybridized carbons (Fsp3) is 0.621. The lowest BCUT2D eigenvalue weighted by atomic mass is 9.79. The number of fused-ring (bicyclic) bond motifs is 1. The average molecular weight is 526 g/mol. The summed E-state index contributed by atoms with van der Waals surface area (Å²) in [5, 5.41) is 0. The van der Waals surface area contributed by atoms with Gasteiger partial charge in [-0.15, -0.1) is 0 Å². The molecule has 3 aliphatic rings. The Hall–Kier alpha value is -3.23. The van der Waals surface area contributed by atoms with Crippen LogP contribution < -0.4 is 5.73 Å². The number of nitrogens with two attached hydrogens (primary N) is 1. The second-order valence-corrected chi connectivity index (χ2v) is 12.2. The second-order valence-electron chi connectivity index (χ2n) is 12.2. The molecule has 1 aromatic rings. The summed E-state index contributed by atoms with van der Waals surface area (Å²) >= 11 is 0. The molecule has 1 aromatic carbocycles. The van der Waals surface area contributed by atoms with E-state index < -0.39 is 23.5 Å². The zero-order valence-electron chi connectivity index (χ0n) is 22.9. The third-order valence-electron chi connectivity index (χ3n) is 8.12. The number of nitrogens with zero attached hydrogens (tertiary/aromatic N) is 2. The molecule has 206 valence electrons. The van der Waals surface area contributed by atoms with Gasteiger partial charge < -0.3 is 20.3 Å². The van der Waals surface area contributed by atoms with Gasteiger partial charge >= 0.3 is 5.97 Å². The average Bonchev–Trinajstić information content (AvgIpc) is 3.51. The van der Waals surface area contributed by atoms with Crippen molar-refractivity contribution in [2.45, 2.75) is 90.3 Å². The van der Waals surface area contributed by atoms with Gasteiger partial charge in [0.1, 0.15) is 11.6 Å². The van der Waals surface area contributed by atoms with Crippen LogP contribution in [0.25, 0.3) is 0 Å². The van der Waals surface area contributed by atoms with E-state index in [9.17, 15) is 24.0 Å². The van der Waals surface area contributed by atoms with E-state index in [1.165, 1.54) is 22.6 Å². The maximum atomic E-state index is 13.1. The summed E-state index contributed by atoms with van der Waals surface area (Å²) in [5.74, 6) is -1.76. The number of hydrogen-bond acceptors (Lipinski definition) is 6. The number of esters is 1. The Balaban J connectivity index is 1.36. The summed E-state index contributed by atoms with van der Waals surface area (Å²) < 4.78 is 5.30. The first kappa shape index (κ1) is 27.8. The van der Waals surface area contributed by atoms with E-state index in [4.69, 9.17) is 10.5 Å². The Kier molecular flexibility index (Phi) is 7.68. The number of rotatable bonds is 9. The lowest BCUT2D eigenvalue weighted by molar-refractivity contribution is -0.155. The minimum Gasteiger partial charge on any atom is -0.460 e. The normalized spacial score (nSPS) is 19.2. The number of primary amides is 1. The van der Waals surface area contributed by atoms with Gasteiger partial charge in [0.2, 0.25) is 11.8 Å². The largest absolute Gasteiger partial charge is 0.460 e. The molecule has 2 fully saturated rings. The molecule has 2 saturated carbocycles. The third kappa shape index (κ3) is 6.25. The van der Waals surface area contributed by atoms with Crippen molar-refractivity contribution >= 4 is 29.5 Å². The van der Waals surface area contributed by atoms with E-state index in [-0.39, 0.29) is 49.4 Å². The van der Waals surface area contributed by atoms with Gasteiger partial charge in [0, 0.05) is 37.1 Å². The number of carbonyl (C=O) groups excluding carboxylic acids is 5. The van der Waals surface area contributed by atoms with Crippen molar-refractivity contribution in [2.75, 3.05) is 13.6 Å². The zero-order valence-corrected chi connectivity index (χ0v) is 22.9. The maximum Gasteiger partial charge on any atom is 0.306 e. The molecule has 0 bridgehead atoms. The summed E-state index contributed by atoms with van der Waals surface area (Å²) in [6, 6.07) is 3.83. The van der Waals surface area contributed by atoms with E-state index in [1.807, 2.05) is 0 Å². The summed E-state index contributed by atoms with van der Waals surface area (Å²) in [6.07, 6.45) is 6.54. The lowest BCUT2D eigenvalue weighted by Gasteiger charge is -2.30. The molecule has 1 spiro atoms. The van der Waals surface area contributed by atoms with Gasteiger partial charge in [-0.25, -0.2) is 0 Å².